The lowest BCUT2D eigenvalue weighted by molar-refractivity contribution is 0.331. The number of nitrogens with zero attached hydrogens (tertiary/aromatic N) is 1. The number of rotatable bonds is 3. The fraction of sp³-hybridized carbons (Fsp3) is 0.455. The van der Waals surface area contributed by atoms with E-state index in [2.05, 4.69) is 4.90 Å². The van der Waals surface area contributed by atoms with Crippen molar-refractivity contribution in [2.24, 2.45) is 0 Å². The molecule has 0 amide bonds. The van der Waals surface area contributed by atoms with Crippen molar-refractivity contribution in [1.82, 2.24) is 4.90 Å². The van der Waals surface area contributed by atoms with Crippen LogP contribution in [0.2, 0.25) is 0 Å². The Balaban J connectivity index is 2.12. The molecule has 0 aliphatic carbocycles. The summed E-state index contributed by atoms with van der Waals surface area (Å²) in [5, 5.41) is 18.0. The normalized spacial score (nSPS) is 16.7. The molecule has 1 saturated heterocycles. The number of hydrogen-bond donors (Lipinski definition) is 2. The zero-order valence-corrected chi connectivity index (χ0v) is 9.06. The third-order valence-electron chi connectivity index (χ3n) is 2.94. The van der Waals surface area contributed by atoms with Crippen molar-refractivity contribution in [1.29, 1.82) is 0 Å². The molecule has 0 unspecified atom stereocenters. The van der Waals surface area contributed by atoms with Gasteiger partial charge in [0, 0.05) is 12.0 Å². The Morgan fingerprint density at radius 2 is 1.94 bits per heavy atom. The van der Waals surface area contributed by atoms with Gasteiger partial charge < -0.3 is 10.0 Å². The number of benzene rings is 1. The highest BCUT2D eigenvalue weighted by Crippen LogP contribution is 2.12. The summed E-state index contributed by atoms with van der Waals surface area (Å²) in [7, 11) is -1.74. The van der Waals surface area contributed by atoms with Crippen LogP contribution in [0.3, 0.4) is 0 Å². The molecule has 0 aromatic heterocycles. The summed E-state index contributed by atoms with van der Waals surface area (Å²) in [6.07, 6.45) is 2.41. The quantitative estimate of drug-likeness (QED) is 0.714. The van der Waals surface area contributed by atoms with Crippen LogP contribution in [0.15, 0.2) is 18.2 Å². The minimum absolute atomic E-state index is 0.0447. The first-order chi connectivity index (χ1) is 7.66. The number of likely N-dealkylation sites (tertiary alicyclic amines) is 1. The van der Waals surface area contributed by atoms with Crippen LogP contribution in [0.5, 0.6) is 0 Å². The van der Waals surface area contributed by atoms with E-state index in [1.165, 1.54) is 25.0 Å². The Hall–Kier alpha value is -0.905. The van der Waals surface area contributed by atoms with Gasteiger partial charge >= 0.3 is 7.12 Å². The van der Waals surface area contributed by atoms with Crippen molar-refractivity contribution in [2.75, 3.05) is 13.1 Å². The van der Waals surface area contributed by atoms with Crippen LogP contribution in [-0.4, -0.2) is 35.2 Å². The minimum Gasteiger partial charge on any atom is -0.423 e. The molecule has 3 nitrogen and oxygen atoms in total. The van der Waals surface area contributed by atoms with Crippen molar-refractivity contribution >= 4 is 12.6 Å². The third kappa shape index (κ3) is 2.61. The Labute approximate surface area is 94.7 Å². The largest absolute Gasteiger partial charge is 0.491 e. The van der Waals surface area contributed by atoms with E-state index < -0.39 is 12.9 Å². The highest BCUT2D eigenvalue weighted by molar-refractivity contribution is 6.58. The molecule has 1 aliphatic heterocycles. The van der Waals surface area contributed by atoms with E-state index >= 15 is 0 Å². The van der Waals surface area contributed by atoms with Gasteiger partial charge in [-0.25, -0.2) is 4.39 Å². The van der Waals surface area contributed by atoms with Crippen molar-refractivity contribution < 1.29 is 14.4 Å². The van der Waals surface area contributed by atoms with Gasteiger partial charge in [-0.2, -0.15) is 0 Å². The molecule has 0 radical (unpaired) electrons. The highest BCUT2D eigenvalue weighted by Gasteiger charge is 2.18. The zero-order valence-electron chi connectivity index (χ0n) is 9.06. The molecule has 1 fully saturated rings. The number of hydrogen-bond acceptors (Lipinski definition) is 3. The molecule has 2 rings (SSSR count). The lowest BCUT2D eigenvalue weighted by Crippen LogP contribution is -2.33. The summed E-state index contributed by atoms with van der Waals surface area (Å²) in [5.74, 6) is -0.569. The van der Waals surface area contributed by atoms with E-state index in [-0.39, 0.29) is 5.46 Å². The van der Waals surface area contributed by atoms with Gasteiger partial charge in [-0.15, -0.1) is 0 Å². The lowest BCUT2D eigenvalue weighted by atomic mass is 9.79. The van der Waals surface area contributed by atoms with Gasteiger partial charge in [-0.05, 0) is 37.6 Å². The fourth-order valence-electron chi connectivity index (χ4n) is 2.09. The van der Waals surface area contributed by atoms with E-state index in [9.17, 15) is 4.39 Å². The summed E-state index contributed by atoms with van der Waals surface area (Å²) in [6.45, 7) is 2.88. The van der Waals surface area contributed by atoms with Gasteiger partial charge in [0.25, 0.3) is 0 Å². The van der Waals surface area contributed by atoms with E-state index in [1.54, 1.807) is 6.07 Å². The zero-order chi connectivity index (χ0) is 11.5. The van der Waals surface area contributed by atoms with Crippen LogP contribution in [0.4, 0.5) is 4.39 Å². The van der Waals surface area contributed by atoms with Crippen molar-refractivity contribution in [3.8, 4) is 0 Å². The minimum atomic E-state index is -1.74. The fourth-order valence-corrected chi connectivity index (χ4v) is 2.09. The molecule has 16 heavy (non-hydrogen) atoms. The molecule has 2 N–H and O–H groups in total. The maximum atomic E-state index is 13.2. The smallest absolute Gasteiger partial charge is 0.423 e. The van der Waals surface area contributed by atoms with E-state index in [0.717, 1.165) is 25.2 Å². The van der Waals surface area contributed by atoms with Crippen LogP contribution in [0.1, 0.15) is 18.4 Å². The molecule has 0 atom stereocenters. The van der Waals surface area contributed by atoms with E-state index in [1.807, 2.05) is 0 Å². The average Bonchev–Trinajstić information content (AvgIpc) is 2.73. The summed E-state index contributed by atoms with van der Waals surface area (Å²) < 4.78 is 13.2. The maximum Gasteiger partial charge on any atom is 0.491 e. The second-order valence-electron chi connectivity index (χ2n) is 4.21. The average molecular weight is 223 g/mol. The monoisotopic (exact) mass is 223 g/mol. The first kappa shape index (κ1) is 11.6. The molecule has 1 aliphatic rings. The summed E-state index contributed by atoms with van der Waals surface area (Å²) in [4.78, 5) is 2.28. The number of halogens is 1. The lowest BCUT2D eigenvalue weighted by Gasteiger charge is -2.15. The molecule has 0 spiro atoms. The van der Waals surface area contributed by atoms with Crippen LogP contribution < -0.4 is 5.46 Å². The van der Waals surface area contributed by atoms with Crippen LogP contribution >= 0.6 is 0 Å². The predicted molar refractivity (Wildman–Crippen MR) is 60.7 cm³/mol. The Kier molecular flexibility index (Phi) is 3.58. The topological polar surface area (TPSA) is 43.7 Å². The van der Waals surface area contributed by atoms with Gasteiger partial charge in [0.2, 0.25) is 0 Å². The summed E-state index contributed by atoms with van der Waals surface area (Å²) in [6, 6.07) is 4.51. The maximum absolute atomic E-state index is 13.2. The Bertz CT molecular complexity index is 367. The SMILES string of the molecule is OB(O)c1cc(CN2CCCC2)ccc1F. The summed E-state index contributed by atoms with van der Waals surface area (Å²) >= 11 is 0. The van der Waals surface area contributed by atoms with Gasteiger partial charge in [0.15, 0.2) is 0 Å². The van der Waals surface area contributed by atoms with Gasteiger partial charge in [-0.1, -0.05) is 12.1 Å². The van der Waals surface area contributed by atoms with Crippen molar-refractivity contribution in [2.45, 2.75) is 19.4 Å². The molecule has 1 aromatic carbocycles. The van der Waals surface area contributed by atoms with Crippen molar-refractivity contribution in [3.63, 3.8) is 0 Å². The molecule has 1 aromatic rings. The first-order valence-corrected chi connectivity index (χ1v) is 5.53. The van der Waals surface area contributed by atoms with Crippen molar-refractivity contribution in [3.05, 3.63) is 29.6 Å². The van der Waals surface area contributed by atoms with Gasteiger partial charge in [-0.3, -0.25) is 4.90 Å². The highest BCUT2D eigenvalue weighted by atomic mass is 19.1. The molecule has 0 bridgehead atoms. The standard InChI is InChI=1S/C11H15BFNO2/c13-11-4-3-9(7-10(11)12(15)16)8-14-5-1-2-6-14/h3-4,7,15-16H,1-2,5-6,8H2. The van der Waals surface area contributed by atoms with Crippen LogP contribution in [0, 0.1) is 5.82 Å². The van der Waals surface area contributed by atoms with Gasteiger partial charge in [0.05, 0.1) is 0 Å². The summed E-state index contributed by atoms with van der Waals surface area (Å²) in [5.41, 5.74) is 0.878. The molecule has 5 heteroatoms. The Morgan fingerprint density at radius 1 is 1.25 bits per heavy atom. The third-order valence-corrected chi connectivity index (χ3v) is 2.94. The molecule has 86 valence electrons. The molecular weight excluding hydrogens is 208 g/mol. The second-order valence-corrected chi connectivity index (χ2v) is 4.21. The van der Waals surface area contributed by atoms with Crippen LogP contribution in [0.25, 0.3) is 0 Å². The second kappa shape index (κ2) is 4.95. The van der Waals surface area contributed by atoms with E-state index in [0.29, 0.717) is 0 Å². The van der Waals surface area contributed by atoms with E-state index in [4.69, 9.17) is 10.0 Å². The first-order valence-electron chi connectivity index (χ1n) is 5.53. The molecule has 1 heterocycles. The van der Waals surface area contributed by atoms with Gasteiger partial charge in [0.1, 0.15) is 5.82 Å². The van der Waals surface area contributed by atoms with Crippen LogP contribution in [-0.2, 0) is 6.54 Å². The Morgan fingerprint density at radius 3 is 2.56 bits per heavy atom. The molecular formula is C11H15BFNO2. The predicted octanol–water partition coefficient (Wildman–Crippen LogP) is 0.101. The molecule has 0 saturated carbocycles.